The molecule has 6 heteroatoms. The van der Waals surface area contributed by atoms with Crippen LogP contribution < -0.4 is 0 Å². The van der Waals surface area contributed by atoms with Crippen molar-refractivity contribution in [2.24, 2.45) is 0 Å². The molecule has 1 fully saturated rings. The Morgan fingerprint density at radius 3 is 2.72 bits per heavy atom. The van der Waals surface area contributed by atoms with Crippen molar-refractivity contribution < 1.29 is 0 Å². The van der Waals surface area contributed by atoms with Crippen molar-refractivity contribution in [1.82, 2.24) is 19.2 Å². The van der Waals surface area contributed by atoms with Gasteiger partial charge in [-0.2, -0.15) is 5.10 Å². The Hall–Kier alpha value is -1.76. The van der Waals surface area contributed by atoms with Crippen LogP contribution in [0.4, 0.5) is 0 Å². The summed E-state index contributed by atoms with van der Waals surface area (Å²) < 4.78 is 4.79. The van der Waals surface area contributed by atoms with Crippen molar-refractivity contribution in [3.8, 4) is 5.69 Å². The first kappa shape index (κ1) is 16.7. The van der Waals surface area contributed by atoms with Crippen LogP contribution in [0.1, 0.15) is 35.1 Å². The van der Waals surface area contributed by atoms with Gasteiger partial charge in [0.25, 0.3) is 0 Å². The molecule has 0 radical (unpaired) electrons. The second-order valence-electron chi connectivity index (χ2n) is 6.63. The molecule has 0 spiro atoms. The van der Waals surface area contributed by atoms with Gasteiger partial charge in [0.05, 0.1) is 6.67 Å². The SMILES string of the molecule is Cc1ccc(-n2c(C)nn(CN3CCC[C@@H]3c3cccs3)c2=S)cc1. The molecule has 4 nitrogen and oxygen atoms in total. The Morgan fingerprint density at radius 1 is 1.20 bits per heavy atom. The molecular formula is C19H22N4S2. The average Bonchev–Trinajstić information content (AvgIpc) is 3.31. The maximum atomic E-state index is 5.74. The second-order valence-corrected chi connectivity index (χ2v) is 7.97. The third-order valence-corrected chi connectivity index (χ3v) is 6.21. The number of rotatable bonds is 4. The highest BCUT2D eigenvalue weighted by Gasteiger charge is 2.27. The fourth-order valence-electron chi connectivity index (χ4n) is 3.57. The van der Waals surface area contributed by atoms with Crippen molar-refractivity contribution in [3.05, 3.63) is 62.8 Å². The summed E-state index contributed by atoms with van der Waals surface area (Å²) in [5.74, 6) is 0.931. The Balaban J connectivity index is 1.62. The van der Waals surface area contributed by atoms with E-state index < -0.39 is 0 Å². The summed E-state index contributed by atoms with van der Waals surface area (Å²) >= 11 is 7.58. The summed E-state index contributed by atoms with van der Waals surface area (Å²) in [6.45, 7) is 5.96. The first-order valence-electron chi connectivity index (χ1n) is 8.64. The molecule has 4 rings (SSSR count). The molecule has 1 aliphatic rings. The minimum absolute atomic E-state index is 0.492. The molecule has 0 N–H and O–H groups in total. The topological polar surface area (TPSA) is 26.0 Å². The predicted octanol–water partition coefficient (Wildman–Crippen LogP) is 4.88. The molecule has 1 atom stereocenters. The van der Waals surface area contributed by atoms with Crippen molar-refractivity contribution in [2.45, 2.75) is 39.4 Å². The number of thiophene rings is 1. The van der Waals surface area contributed by atoms with Gasteiger partial charge in [0, 0.05) is 23.2 Å². The van der Waals surface area contributed by atoms with E-state index in [1.165, 1.54) is 23.3 Å². The lowest BCUT2D eigenvalue weighted by Crippen LogP contribution is -2.26. The Bertz CT molecular complexity index is 906. The number of likely N-dealkylation sites (tertiary alicyclic amines) is 1. The highest BCUT2D eigenvalue weighted by Crippen LogP contribution is 2.34. The summed E-state index contributed by atoms with van der Waals surface area (Å²) in [6.07, 6.45) is 2.44. The zero-order chi connectivity index (χ0) is 17.4. The lowest BCUT2D eigenvalue weighted by atomic mass is 10.2. The van der Waals surface area contributed by atoms with E-state index in [9.17, 15) is 0 Å². The smallest absolute Gasteiger partial charge is 0.203 e. The van der Waals surface area contributed by atoms with Crippen LogP contribution >= 0.6 is 23.6 Å². The summed E-state index contributed by atoms with van der Waals surface area (Å²) in [5, 5.41) is 6.89. The third-order valence-electron chi connectivity index (χ3n) is 4.84. The van der Waals surface area contributed by atoms with Gasteiger partial charge in [-0.25, -0.2) is 4.68 Å². The number of hydrogen-bond donors (Lipinski definition) is 0. The van der Waals surface area contributed by atoms with Gasteiger partial charge in [0.15, 0.2) is 0 Å². The molecule has 0 unspecified atom stereocenters. The van der Waals surface area contributed by atoms with E-state index in [-0.39, 0.29) is 0 Å². The maximum absolute atomic E-state index is 5.74. The molecule has 1 saturated heterocycles. The van der Waals surface area contributed by atoms with Crippen LogP contribution in [0.3, 0.4) is 0 Å². The van der Waals surface area contributed by atoms with E-state index in [1.807, 2.05) is 22.9 Å². The summed E-state index contributed by atoms with van der Waals surface area (Å²) in [4.78, 5) is 3.94. The zero-order valence-corrected chi connectivity index (χ0v) is 16.2. The number of aromatic nitrogens is 3. The minimum atomic E-state index is 0.492. The number of benzene rings is 1. The summed E-state index contributed by atoms with van der Waals surface area (Å²) in [7, 11) is 0. The van der Waals surface area contributed by atoms with Crippen LogP contribution in [-0.2, 0) is 6.67 Å². The zero-order valence-electron chi connectivity index (χ0n) is 14.6. The van der Waals surface area contributed by atoms with Gasteiger partial charge in [-0.15, -0.1) is 11.3 Å². The van der Waals surface area contributed by atoms with Crippen LogP contribution in [0.15, 0.2) is 41.8 Å². The fourth-order valence-corrected chi connectivity index (χ4v) is 4.80. The van der Waals surface area contributed by atoms with E-state index in [0.29, 0.717) is 6.04 Å². The molecule has 3 aromatic rings. The second kappa shape index (κ2) is 6.86. The predicted molar refractivity (Wildman–Crippen MR) is 105 cm³/mol. The van der Waals surface area contributed by atoms with E-state index in [1.54, 1.807) is 0 Å². The number of aryl methyl sites for hydroxylation is 2. The quantitative estimate of drug-likeness (QED) is 0.613. The molecule has 3 heterocycles. The maximum Gasteiger partial charge on any atom is 0.203 e. The molecule has 130 valence electrons. The van der Waals surface area contributed by atoms with E-state index in [0.717, 1.165) is 29.5 Å². The Morgan fingerprint density at radius 2 is 2.00 bits per heavy atom. The van der Waals surface area contributed by atoms with Crippen LogP contribution in [0.25, 0.3) is 5.69 Å². The first-order valence-corrected chi connectivity index (χ1v) is 9.93. The van der Waals surface area contributed by atoms with Crippen molar-refractivity contribution in [1.29, 1.82) is 0 Å². The molecule has 0 amide bonds. The van der Waals surface area contributed by atoms with Crippen LogP contribution in [0, 0.1) is 18.6 Å². The van der Waals surface area contributed by atoms with Crippen molar-refractivity contribution in [2.75, 3.05) is 6.54 Å². The van der Waals surface area contributed by atoms with Crippen molar-refractivity contribution in [3.63, 3.8) is 0 Å². The minimum Gasteiger partial charge on any atom is -0.276 e. The van der Waals surface area contributed by atoms with E-state index in [2.05, 4.69) is 58.2 Å². The van der Waals surface area contributed by atoms with Crippen molar-refractivity contribution >= 4 is 23.6 Å². The molecule has 1 aliphatic heterocycles. The third kappa shape index (κ3) is 3.21. The van der Waals surface area contributed by atoms with Gasteiger partial charge in [-0.3, -0.25) is 9.47 Å². The molecule has 2 aromatic heterocycles. The average molecular weight is 371 g/mol. The lowest BCUT2D eigenvalue weighted by Gasteiger charge is -2.23. The van der Waals surface area contributed by atoms with Crippen LogP contribution in [0.5, 0.6) is 0 Å². The largest absolute Gasteiger partial charge is 0.276 e. The van der Waals surface area contributed by atoms with Crippen LogP contribution in [-0.4, -0.2) is 25.8 Å². The molecule has 0 saturated carbocycles. The monoisotopic (exact) mass is 370 g/mol. The van der Waals surface area contributed by atoms with Gasteiger partial charge < -0.3 is 0 Å². The van der Waals surface area contributed by atoms with E-state index in [4.69, 9.17) is 17.3 Å². The standard InChI is InChI=1S/C19H22N4S2/c1-14-7-9-16(10-8-14)23-15(2)20-22(19(23)24)13-21-11-3-5-17(21)18-6-4-12-25-18/h4,6-10,12,17H,3,5,11,13H2,1-2H3/t17-/m1/s1. The van der Waals surface area contributed by atoms with E-state index >= 15 is 0 Å². The molecule has 25 heavy (non-hydrogen) atoms. The molecule has 0 aliphatic carbocycles. The molecule has 0 bridgehead atoms. The summed E-state index contributed by atoms with van der Waals surface area (Å²) in [6, 6.07) is 13.3. The van der Waals surface area contributed by atoms with Crippen LogP contribution in [0.2, 0.25) is 0 Å². The number of nitrogens with zero attached hydrogens (tertiary/aromatic N) is 4. The Kier molecular flexibility index (Phi) is 4.58. The first-order chi connectivity index (χ1) is 12.1. The van der Waals surface area contributed by atoms with Gasteiger partial charge in [0.2, 0.25) is 4.77 Å². The Labute approximate surface area is 157 Å². The van der Waals surface area contributed by atoms with Gasteiger partial charge in [0.1, 0.15) is 5.82 Å². The summed E-state index contributed by atoms with van der Waals surface area (Å²) in [5.41, 5.74) is 2.33. The fraction of sp³-hybridized carbons (Fsp3) is 0.368. The van der Waals surface area contributed by atoms with Gasteiger partial charge in [-0.1, -0.05) is 23.8 Å². The molecular weight excluding hydrogens is 348 g/mol. The number of hydrogen-bond acceptors (Lipinski definition) is 4. The lowest BCUT2D eigenvalue weighted by molar-refractivity contribution is 0.192. The normalized spacial score (nSPS) is 18.1. The highest BCUT2D eigenvalue weighted by molar-refractivity contribution is 7.71. The van der Waals surface area contributed by atoms with Gasteiger partial charge >= 0.3 is 0 Å². The van der Waals surface area contributed by atoms with Gasteiger partial charge in [-0.05, 0) is 62.5 Å². The highest BCUT2D eigenvalue weighted by atomic mass is 32.1. The molecule has 1 aromatic carbocycles.